The molecule has 120 valence electrons. The lowest BCUT2D eigenvalue weighted by Gasteiger charge is -2.37. The largest absolute Gasteiger partial charge is 0.376 e. The van der Waals surface area contributed by atoms with Crippen LogP contribution in [0.4, 0.5) is 5.82 Å². The van der Waals surface area contributed by atoms with Gasteiger partial charge in [-0.2, -0.15) is 0 Å². The van der Waals surface area contributed by atoms with Crippen LogP contribution < -0.4 is 4.90 Å². The lowest BCUT2D eigenvalue weighted by Crippen LogP contribution is -2.53. The molecule has 1 aromatic heterocycles. The van der Waals surface area contributed by atoms with Crippen LogP contribution in [0.1, 0.15) is 0 Å². The third-order valence-electron chi connectivity index (χ3n) is 3.77. The van der Waals surface area contributed by atoms with E-state index in [4.69, 9.17) is 32.7 Å². The molecule has 0 radical (unpaired) electrons. The summed E-state index contributed by atoms with van der Waals surface area (Å²) in [6.07, 6.45) is 1.10. The van der Waals surface area contributed by atoms with Crippen LogP contribution in [0, 0.1) is 0 Å². The van der Waals surface area contributed by atoms with E-state index in [-0.39, 0.29) is 5.91 Å². The van der Waals surface area contributed by atoms with Crippen LogP contribution in [0.3, 0.4) is 0 Å². The molecule has 1 aromatic rings. The first-order chi connectivity index (χ1) is 10.6. The van der Waals surface area contributed by atoms with Crippen molar-refractivity contribution >= 4 is 34.9 Å². The highest BCUT2D eigenvalue weighted by atomic mass is 35.5. The van der Waals surface area contributed by atoms with Crippen molar-refractivity contribution in [2.75, 3.05) is 50.9 Å². The highest BCUT2D eigenvalue weighted by Gasteiger charge is 2.30. The minimum absolute atomic E-state index is 0.00508. The summed E-state index contributed by atoms with van der Waals surface area (Å²) >= 11 is 12.0. The van der Waals surface area contributed by atoms with E-state index in [1.165, 1.54) is 0 Å². The Balaban J connectivity index is 1.59. The molecule has 3 rings (SSSR count). The standard InChI is InChI=1S/C14H17Cl2N3O3/c15-10-7-11(16)13(17-8-10)18-1-3-19(4-2-18)14(20)12-9-21-5-6-22-12/h7-8,12H,1-6,9H2/t12-/m0/s1. The van der Waals surface area contributed by atoms with Gasteiger partial charge in [0.1, 0.15) is 5.82 Å². The van der Waals surface area contributed by atoms with Gasteiger partial charge in [0.2, 0.25) is 0 Å². The van der Waals surface area contributed by atoms with Crippen molar-refractivity contribution in [1.29, 1.82) is 0 Å². The highest BCUT2D eigenvalue weighted by Crippen LogP contribution is 2.26. The van der Waals surface area contributed by atoms with E-state index < -0.39 is 6.10 Å². The van der Waals surface area contributed by atoms with Gasteiger partial charge in [-0.05, 0) is 6.07 Å². The van der Waals surface area contributed by atoms with Crippen molar-refractivity contribution in [3.8, 4) is 0 Å². The number of ether oxygens (including phenoxy) is 2. The molecule has 0 bridgehead atoms. The quantitative estimate of drug-likeness (QED) is 0.812. The summed E-state index contributed by atoms with van der Waals surface area (Å²) in [7, 11) is 0. The van der Waals surface area contributed by atoms with E-state index >= 15 is 0 Å². The second kappa shape index (κ2) is 7.00. The summed E-state index contributed by atoms with van der Waals surface area (Å²) < 4.78 is 10.7. The van der Waals surface area contributed by atoms with Crippen LogP contribution >= 0.6 is 23.2 Å². The van der Waals surface area contributed by atoms with Gasteiger partial charge in [-0.25, -0.2) is 4.98 Å². The van der Waals surface area contributed by atoms with E-state index in [0.717, 1.165) is 0 Å². The molecule has 8 heteroatoms. The van der Waals surface area contributed by atoms with Gasteiger partial charge in [0, 0.05) is 32.4 Å². The van der Waals surface area contributed by atoms with Crippen molar-refractivity contribution in [1.82, 2.24) is 9.88 Å². The molecular formula is C14H17Cl2N3O3. The van der Waals surface area contributed by atoms with Crippen LogP contribution in [-0.4, -0.2) is 67.9 Å². The lowest BCUT2D eigenvalue weighted by molar-refractivity contribution is -0.158. The first-order valence-corrected chi connectivity index (χ1v) is 7.95. The van der Waals surface area contributed by atoms with E-state index in [1.807, 2.05) is 0 Å². The maximum Gasteiger partial charge on any atom is 0.254 e. The van der Waals surface area contributed by atoms with Gasteiger partial charge in [-0.1, -0.05) is 23.2 Å². The van der Waals surface area contributed by atoms with E-state index in [2.05, 4.69) is 9.88 Å². The number of nitrogens with zero attached hydrogens (tertiary/aromatic N) is 3. The van der Waals surface area contributed by atoms with Gasteiger partial charge in [0.15, 0.2) is 6.10 Å². The Bertz CT molecular complexity index is 544. The fourth-order valence-corrected chi connectivity index (χ4v) is 3.11. The van der Waals surface area contributed by atoms with Crippen LogP contribution in [-0.2, 0) is 14.3 Å². The summed E-state index contributed by atoms with van der Waals surface area (Å²) in [5, 5.41) is 1.04. The Kier molecular flexibility index (Phi) is 5.03. The van der Waals surface area contributed by atoms with Gasteiger partial charge in [-0.15, -0.1) is 0 Å². The molecule has 0 spiro atoms. The zero-order chi connectivity index (χ0) is 15.5. The summed E-state index contributed by atoms with van der Waals surface area (Å²) in [5.41, 5.74) is 0. The predicted molar refractivity (Wildman–Crippen MR) is 83.6 cm³/mol. The second-order valence-corrected chi connectivity index (χ2v) is 6.05. The Hall–Kier alpha value is -1.08. The molecule has 2 aliphatic rings. The topological polar surface area (TPSA) is 54.9 Å². The predicted octanol–water partition coefficient (Wildman–Crippen LogP) is 1.45. The molecule has 0 aromatic carbocycles. The number of aromatic nitrogens is 1. The van der Waals surface area contributed by atoms with Crippen LogP contribution in [0.25, 0.3) is 0 Å². The Labute approximate surface area is 138 Å². The molecule has 2 saturated heterocycles. The number of carbonyl (C=O) groups is 1. The third-order valence-corrected chi connectivity index (χ3v) is 4.26. The van der Waals surface area contributed by atoms with E-state index in [1.54, 1.807) is 17.2 Å². The van der Waals surface area contributed by atoms with Crippen molar-refractivity contribution in [3.63, 3.8) is 0 Å². The second-order valence-electron chi connectivity index (χ2n) is 5.21. The number of anilines is 1. The molecule has 1 amide bonds. The van der Waals surface area contributed by atoms with Crippen molar-refractivity contribution in [3.05, 3.63) is 22.3 Å². The normalized spacial score (nSPS) is 22.7. The molecule has 2 aliphatic heterocycles. The van der Waals surface area contributed by atoms with Gasteiger partial charge in [0.05, 0.1) is 29.9 Å². The average molecular weight is 346 g/mol. The number of pyridine rings is 1. The molecule has 2 fully saturated rings. The van der Waals surface area contributed by atoms with Crippen LogP contribution in [0.5, 0.6) is 0 Å². The Morgan fingerprint density at radius 3 is 2.64 bits per heavy atom. The van der Waals surface area contributed by atoms with Crippen LogP contribution in [0.15, 0.2) is 12.3 Å². The smallest absolute Gasteiger partial charge is 0.254 e. The van der Waals surface area contributed by atoms with Crippen LogP contribution in [0.2, 0.25) is 10.0 Å². The molecule has 0 unspecified atom stereocenters. The number of hydrogen-bond donors (Lipinski definition) is 0. The summed E-state index contributed by atoms with van der Waals surface area (Å²) in [6.45, 7) is 3.93. The molecule has 1 atom stereocenters. The van der Waals surface area contributed by atoms with Crippen molar-refractivity contribution in [2.45, 2.75) is 6.10 Å². The van der Waals surface area contributed by atoms with Crippen molar-refractivity contribution < 1.29 is 14.3 Å². The summed E-state index contributed by atoms with van der Waals surface area (Å²) in [5.74, 6) is 0.699. The lowest BCUT2D eigenvalue weighted by atomic mass is 10.2. The van der Waals surface area contributed by atoms with Gasteiger partial charge >= 0.3 is 0 Å². The van der Waals surface area contributed by atoms with Gasteiger partial charge < -0.3 is 19.3 Å². The number of rotatable bonds is 2. The minimum atomic E-state index is -0.474. The van der Waals surface area contributed by atoms with Gasteiger partial charge in [-0.3, -0.25) is 4.79 Å². The number of hydrogen-bond acceptors (Lipinski definition) is 5. The molecule has 22 heavy (non-hydrogen) atoms. The maximum atomic E-state index is 12.4. The van der Waals surface area contributed by atoms with E-state index in [0.29, 0.717) is 61.9 Å². The number of halogens is 2. The molecule has 0 N–H and O–H groups in total. The molecule has 3 heterocycles. The minimum Gasteiger partial charge on any atom is -0.376 e. The highest BCUT2D eigenvalue weighted by molar-refractivity contribution is 6.36. The molecule has 6 nitrogen and oxygen atoms in total. The average Bonchev–Trinajstić information content (AvgIpc) is 2.55. The summed E-state index contributed by atoms with van der Waals surface area (Å²) in [6, 6.07) is 1.68. The summed E-state index contributed by atoms with van der Waals surface area (Å²) in [4.78, 5) is 20.5. The van der Waals surface area contributed by atoms with E-state index in [9.17, 15) is 4.79 Å². The number of piperazine rings is 1. The zero-order valence-corrected chi connectivity index (χ0v) is 13.5. The fourth-order valence-electron chi connectivity index (χ4n) is 2.61. The first-order valence-electron chi connectivity index (χ1n) is 7.19. The zero-order valence-electron chi connectivity index (χ0n) is 12.0. The Morgan fingerprint density at radius 1 is 1.23 bits per heavy atom. The van der Waals surface area contributed by atoms with Gasteiger partial charge in [0.25, 0.3) is 5.91 Å². The molecule has 0 aliphatic carbocycles. The maximum absolute atomic E-state index is 12.4. The molecular weight excluding hydrogens is 329 g/mol. The molecule has 0 saturated carbocycles. The number of carbonyl (C=O) groups excluding carboxylic acids is 1. The first kappa shape index (κ1) is 15.8. The third kappa shape index (κ3) is 3.46. The van der Waals surface area contributed by atoms with Crippen molar-refractivity contribution in [2.24, 2.45) is 0 Å². The Morgan fingerprint density at radius 2 is 2.00 bits per heavy atom. The number of amides is 1. The SMILES string of the molecule is O=C([C@@H]1COCCO1)N1CCN(c2ncc(Cl)cc2Cl)CC1. The fraction of sp³-hybridized carbons (Fsp3) is 0.571. The monoisotopic (exact) mass is 345 g/mol.